The van der Waals surface area contributed by atoms with Crippen molar-refractivity contribution in [1.82, 2.24) is 4.31 Å². The van der Waals surface area contributed by atoms with Crippen LogP contribution in [0, 0.1) is 5.92 Å². The lowest BCUT2D eigenvalue weighted by Gasteiger charge is -2.18. The van der Waals surface area contributed by atoms with Crippen LogP contribution in [0.5, 0.6) is 0 Å². The van der Waals surface area contributed by atoms with E-state index >= 15 is 0 Å². The maximum absolute atomic E-state index is 12.4. The van der Waals surface area contributed by atoms with Crippen molar-refractivity contribution in [3.63, 3.8) is 0 Å². The number of benzene rings is 1. The standard InChI is InChI=1S/C12H17BrN2O2S/c1-15(8-9-2-3-9)18(16,17)12-6-10(7-14)4-5-11(12)13/h4-6,9H,2-3,7-8,14H2,1H3. The Morgan fingerprint density at radius 2 is 2.11 bits per heavy atom. The monoisotopic (exact) mass is 332 g/mol. The van der Waals surface area contributed by atoms with E-state index in [1.165, 1.54) is 4.31 Å². The van der Waals surface area contributed by atoms with Gasteiger partial charge in [-0.2, -0.15) is 0 Å². The fraction of sp³-hybridized carbons (Fsp3) is 0.500. The molecule has 1 saturated carbocycles. The van der Waals surface area contributed by atoms with Gasteiger partial charge in [-0.05, 0) is 52.4 Å². The maximum Gasteiger partial charge on any atom is 0.243 e. The minimum Gasteiger partial charge on any atom is -0.326 e. The molecule has 0 bridgehead atoms. The lowest BCUT2D eigenvalue weighted by atomic mass is 10.2. The highest BCUT2D eigenvalue weighted by Crippen LogP contribution is 2.32. The van der Waals surface area contributed by atoms with Crippen molar-refractivity contribution < 1.29 is 8.42 Å². The van der Waals surface area contributed by atoms with E-state index in [1.54, 1.807) is 19.2 Å². The molecule has 1 fully saturated rings. The van der Waals surface area contributed by atoms with Gasteiger partial charge in [-0.3, -0.25) is 0 Å². The fourth-order valence-corrected chi connectivity index (χ4v) is 4.02. The molecule has 100 valence electrons. The van der Waals surface area contributed by atoms with Crippen LogP contribution in [0.15, 0.2) is 27.6 Å². The average molecular weight is 333 g/mol. The molecule has 0 atom stereocenters. The molecule has 0 aromatic heterocycles. The van der Waals surface area contributed by atoms with Crippen molar-refractivity contribution in [3.8, 4) is 0 Å². The third kappa shape index (κ3) is 2.93. The first-order valence-corrected chi connectivity index (χ1v) is 8.13. The second kappa shape index (κ2) is 5.28. The summed E-state index contributed by atoms with van der Waals surface area (Å²) in [6.07, 6.45) is 2.26. The summed E-state index contributed by atoms with van der Waals surface area (Å²) >= 11 is 3.30. The second-order valence-corrected chi connectivity index (χ2v) is 7.57. The van der Waals surface area contributed by atoms with Crippen molar-refractivity contribution in [2.75, 3.05) is 13.6 Å². The highest BCUT2D eigenvalue weighted by Gasteiger charge is 2.30. The molecule has 1 aromatic carbocycles. The molecule has 0 aliphatic heterocycles. The van der Waals surface area contributed by atoms with Crippen molar-refractivity contribution >= 4 is 26.0 Å². The zero-order chi connectivity index (χ0) is 13.3. The Bertz CT molecular complexity index is 541. The zero-order valence-corrected chi connectivity index (χ0v) is 12.7. The molecule has 0 amide bonds. The Morgan fingerprint density at radius 1 is 1.44 bits per heavy atom. The Morgan fingerprint density at radius 3 is 2.67 bits per heavy atom. The quantitative estimate of drug-likeness (QED) is 0.896. The molecule has 18 heavy (non-hydrogen) atoms. The van der Waals surface area contributed by atoms with Crippen molar-refractivity contribution in [2.24, 2.45) is 11.7 Å². The summed E-state index contributed by atoms with van der Waals surface area (Å²) in [5.74, 6) is 0.529. The third-order valence-electron chi connectivity index (χ3n) is 3.13. The van der Waals surface area contributed by atoms with Crippen LogP contribution < -0.4 is 5.73 Å². The molecular formula is C12H17BrN2O2S. The minimum atomic E-state index is -3.43. The summed E-state index contributed by atoms with van der Waals surface area (Å²) in [7, 11) is -1.79. The first-order chi connectivity index (χ1) is 8.45. The second-order valence-electron chi connectivity index (χ2n) is 4.70. The summed E-state index contributed by atoms with van der Waals surface area (Å²) in [5.41, 5.74) is 6.37. The Kier molecular flexibility index (Phi) is 4.11. The van der Waals surface area contributed by atoms with E-state index < -0.39 is 10.0 Å². The normalized spacial score (nSPS) is 16.2. The van der Waals surface area contributed by atoms with Crippen molar-refractivity contribution in [3.05, 3.63) is 28.2 Å². The van der Waals surface area contributed by atoms with E-state index in [9.17, 15) is 8.42 Å². The van der Waals surface area contributed by atoms with E-state index in [-0.39, 0.29) is 0 Å². The SMILES string of the molecule is CN(CC1CC1)S(=O)(=O)c1cc(CN)ccc1Br. The van der Waals surface area contributed by atoms with E-state index in [4.69, 9.17) is 5.73 Å². The zero-order valence-electron chi connectivity index (χ0n) is 10.3. The molecule has 6 heteroatoms. The molecule has 1 aliphatic rings. The van der Waals surface area contributed by atoms with Gasteiger partial charge < -0.3 is 5.73 Å². The first kappa shape index (κ1) is 14.0. The molecule has 1 aliphatic carbocycles. The smallest absolute Gasteiger partial charge is 0.243 e. The van der Waals surface area contributed by atoms with E-state index in [0.29, 0.717) is 28.4 Å². The van der Waals surface area contributed by atoms with Crippen LogP contribution >= 0.6 is 15.9 Å². The van der Waals surface area contributed by atoms with Crippen molar-refractivity contribution in [2.45, 2.75) is 24.3 Å². The predicted molar refractivity (Wildman–Crippen MR) is 74.6 cm³/mol. The summed E-state index contributed by atoms with van der Waals surface area (Å²) in [4.78, 5) is 0.300. The Hall–Kier alpha value is -0.430. The summed E-state index contributed by atoms with van der Waals surface area (Å²) in [6, 6.07) is 5.20. The third-order valence-corrected chi connectivity index (χ3v) is 5.95. The van der Waals surface area contributed by atoms with Gasteiger partial charge in [-0.1, -0.05) is 6.07 Å². The van der Waals surface area contributed by atoms with Gasteiger partial charge in [0, 0.05) is 24.6 Å². The Labute approximate surface area is 116 Å². The van der Waals surface area contributed by atoms with Crippen LogP contribution in [0.1, 0.15) is 18.4 Å². The number of nitrogens with zero attached hydrogens (tertiary/aromatic N) is 1. The average Bonchev–Trinajstić information content (AvgIpc) is 3.13. The lowest BCUT2D eigenvalue weighted by molar-refractivity contribution is 0.452. The van der Waals surface area contributed by atoms with Crippen LogP contribution in [0.3, 0.4) is 0 Å². The largest absolute Gasteiger partial charge is 0.326 e. The highest BCUT2D eigenvalue weighted by molar-refractivity contribution is 9.10. The van der Waals surface area contributed by atoms with E-state index in [0.717, 1.165) is 18.4 Å². The first-order valence-electron chi connectivity index (χ1n) is 5.90. The van der Waals surface area contributed by atoms with Crippen LogP contribution in [-0.4, -0.2) is 26.3 Å². The van der Waals surface area contributed by atoms with E-state index in [1.807, 2.05) is 6.07 Å². The van der Waals surface area contributed by atoms with Gasteiger partial charge >= 0.3 is 0 Å². The minimum absolute atomic E-state index is 0.300. The molecule has 0 unspecified atom stereocenters. The molecule has 0 spiro atoms. The fourth-order valence-electron chi connectivity index (χ4n) is 1.80. The Balaban J connectivity index is 2.32. The number of hydrogen-bond donors (Lipinski definition) is 1. The van der Waals surface area contributed by atoms with Gasteiger partial charge in [0.1, 0.15) is 0 Å². The van der Waals surface area contributed by atoms with Crippen LogP contribution in [0.4, 0.5) is 0 Å². The topological polar surface area (TPSA) is 63.4 Å². The van der Waals surface area contributed by atoms with Gasteiger partial charge in [-0.25, -0.2) is 12.7 Å². The molecule has 2 rings (SSSR count). The van der Waals surface area contributed by atoms with E-state index in [2.05, 4.69) is 15.9 Å². The predicted octanol–water partition coefficient (Wildman–Crippen LogP) is 1.94. The molecule has 4 nitrogen and oxygen atoms in total. The summed E-state index contributed by atoms with van der Waals surface area (Å²) in [6.45, 7) is 0.934. The van der Waals surface area contributed by atoms with Gasteiger partial charge in [0.2, 0.25) is 10.0 Å². The number of nitrogens with two attached hydrogens (primary N) is 1. The van der Waals surface area contributed by atoms with Crippen LogP contribution in [0.25, 0.3) is 0 Å². The molecule has 0 heterocycles. The molecule has 0 radical (unpaired) electrons. The maximum atomic E-state index is 12.4. The summed E-state index contributed by atoms with van der Waals surface area (Å²) < 4.78 is 26.9. The number of rotatable bonds is 5. The van der Waals surface area contributed by atoms with Gasteiger partial charge in [0.05, 0.1) is 4.90 Å². The number of hydrogen-bond acceptors (Lipinski definition) is 3. The number of halogens is 1. The molecule has 2 N–H and O–H groups in total. The van der Waals surface area contributed by atoms with Crippen molar-refractivity contribution in [1.29, 1.82) is 0 Å². The van der Waals surface area contributed by atoms with Gasteiger partial charge in [0.25, 0.3) is 0 Å². The molecule has 1 aromatic rings. The summed E-state index contributed by atoms with van der Waals surface area (Å²) in [5, 5.41) is 0. The molecular weight excluding hydrogens is 316 g/mol. The van der Waals surface area contributed by atoms with Crippen LogP contribution in [-0.2, 0) is 16.6 Å². The lowest BCUT2D eigenvalue weighted by Crippen LogP contribution is -2.29. The highest BCUT2D eigenvalue weighted by atomic mass is 79.9. The van der Waals surface area contributed by atoms with Gasteiger partial charge in [-0.15, -0.1) is 0 Å². The number of sulfonamides is 1. The van der Waals surface area contributed by atoms with Gasteiger partial charge in [0.15, 0.2) is 0 Å². The molecule has 0 saturated heterocycles. The van der Waals surface area contributed by atoms with Crippen LogP contribution in [0.2, 0.25) is 0 Å².